The maximum absolute atomic E-state index is 12.0. The second kappa shape index (κ2) is 7.81. The summed E-state index contributed by atoms with van der Waals surface area (Å²) in [7, 11) is 0. The number of anilines is 1. The number of amides is 1. The van der Waals surface area contributed by atoms with Gasteiger partial charge in [-0.15, -0.1) is 23.4 Å². The number of nitrogens with one attached hydrogen (secondary N) is 1. The van der Waals surface area contributed by atoms with E-state index in [4.69, 9.17) is 17.3 Å². The molecule has 1 amide bonds. The van der Waals surface area contributed by atoms with Crippen molar-refractivity contribution in [2.24, 2.45) is 11.7 Å². The van der Waals surface area contributed by atoms with Crippen LogP contribution in [0.25, 0.3) is 0 Å². The minimum Gasteiger partial charge on any atom is -0.480 e. The molecule has 0 spiro atoms. The van der Waals surface area contributed by atoms with Gasteiger partial charge >= 0.3 is 5.97 Å². The Morgan fingerprint density at radius 1 is 1.23 bits per heavy atom. The number of primary amides is 1. The van der Waals surface area contributed by atoms with Crippen LogP contribution in [0.1, 0.15) is 28.3 Å². The smallest absolute Gasteiger partial charge is 0.326 e. The predicted octanol–water partition coefficient (Wildman–Crippen LogP) is 3.44. The zero-order valence-corrected chi connectivity index (χ0v) is 17.1. The van der Waals surface area contributed by atoms with E-state index < -0.39 is 28.2 Å². The van der Waals surface area contributed by atoms with Crippen molar-refractivity contribution in [1.82, 2.24) is 0 Å². The van der Waals surface area contributed by atoms with Crippen LogP contribution in [0.15, 0.2) is 47.4 Å². The Bertz CT molecular complexity index is 1050. The first-order valence-corrected chi connectivity index (χ1v) is 10.6. The number of nitro benzene ring substituents is 1. The number of fused-ring (bicyclic) bond motifs is 3. The maximum Gasteiger partial charge on any atom is 0.326 e. The van der Waals surface area contributed by atoms with E-state index in [2.05, 4.69) is 5.32 Å². The minimum atomic E-state index is -1.05. The number of thioether (sulfide) groups is 1. The molecule has 8 nitrogen and oxygen atoms in total. The maximum atomic E-state index is 12.0. The highest BCUT2D eigenvalue weighted by atomic mass is 35.5. The molecule has 5 atom stereocenters. The molecular formula is C20H18ClN3O5S. The normalized spacial score (nSPS) is 26.9. The number of nitro groups is 1. The quantitative estimate of drug-likeness (QED) is 0.363. The van der Waals surface area contributed by atoms with E-state index >= 15 is 0 Å². The molecule has 0 aromatic heterocycles. The number of carboxylic acid groups (broad SMARTS) is 1. The van der Waals surface area contributed by atoms with Gasteiger partial charge in [-0.05, 0) is 30.0 Å². The Morgan fingerprint density at radius 2 is 1.97 bits per heavy atom. The number of rotatable bonds is 5. The monoisotopic (exact) mass is 447 g/mol. The van der Waals surface area contributed by atoms with Crippen molar-refractivity contribution < 1.29 is 19.6 Å². The minimum absolute atomic E-state index is 0.00874. The van der Waals surface area contributed by atoms with E-state index in [1.807, 2.05) is 6.07 Å². The average molecular weight is 448 g/mol. The third-order valence-corrected chi connectivity index (χ3v) is 7.83. The number of para-hydroxylation sites is 2. The molecule has 0 bridgehead atoms. The first-order valence-electron chi connectivity index (χ1n) is 9.25. The van der Waals surface area contributed by atoms with Crippen molar-refractivity contribution in [2.45, 2.75) is 33.9 Å². The summed E-state index contributed by atoms with van der Waals surface area (Å²) < 4.78 is 0. The third-order valence-electron chi connectivity index (χ3n) is 5.72. The number of hydrogen-bond acceptors (Lipinski definition) is 6. The number of halogens is 1. The average Bonchev–Trinajstić information content (AvgIpc) is 3.03. The SMILES string of the molecule is NC(=O)c1cccc2c1N[C@H](C(=O)O)[C@@H]1C[C@@H](Sc3ccccc3[N+](=O)[O-])[C@@H](Cl)[C@@H]21. The molecule has 1 aliphatic heterocycles. The van der Waals surface area contributed by atoms with Gasteiger partial charge in [0.05, 0.1) is 26.4 Å². The molecule has 2 aliphatic rings. The van der Waals surface area contributed by atoms with Crippen LogP contribution in [0.2, 0.25) is 0 Å². The number of hydrogen-bond donors (Lipinski definition) is 3. The summed E-state index contributed by atoms with van der Waals surface area (Å²) in [5, 5.41) is 23.4. The summed E-state index contributed by atoms with van der Waals surface area (Å²) in [5.41, 5.74) is 6.84. The molecule has 10 heteroatoms. The van der Waals surface area contributed by atoms with Gasteiger partial charge < -0.3 is 16.2 Å². The van der Waals surface area contributed by atoms with Gasteiger partial charge in [0.15, 0.2) is 0 Å². The zero-order valence-electron chi connectivity index (χ0n) is 15.5. The lowest BCUT2D eigenvalue weighted by atomic mass is 9.78. The molecule has 4 N–H and O–H groups in total. The van der Waals surface area contributed by atoms with Crippen molar-refractivity contribution in [3.63, 3.8) is 0 Å². The summed E-state index contributed by atoms with van der Waals surface area (Å²) in [6.07, 6.45) is 0.458. The van der Waals surface area contributed by atoms with E-state index in [-0.39, 0.29) is 28.3 Å². The molecule has 1 fully saturated rings. The van der Waals surface area contributed by atoms with Crippen molar-refractivity contribution >= 4 is 46.6 Å². The number of carbonyl (C=O) groups excluding carboxylic acids is 1. The molecule has 2 aromatic carbocycles. The summed E-state index contributed by atoms with van der Waals surface area (Å²) in [6, 6.07) is 10.5. The number of nitrogens with zero attached hydrogens (tertiary/aromatic N) is 1. The molecule has 0 radical (unpaired) electrons. The van der Waals surface area contributed by atoms with Crippen LogP contribution in [0, 0.1) is 16.0 Å². The molecule has 1 aliphatic carbocycles. The van der Waals surface area contributed by atoms with E-state index in [1.165, 1.54) is 17.8 Å². The van der Waals surface area contributed by atoms with Crippen molar-refractivity contribution in [3.8, 4) is 0 Å². The first-order chi connectivity index (χ1) is 14.3. The lowest BCUT2D eigenvalue weighted by Crippen LogP contribution is -2.43. The molecule has 1 heterocycles. The standard InChI is InChI=1S/C20H18ClN3O5S/c21-16-14(30-13-7-2-1-6-12(13)24(28)29)8-11-15(16)9-4-3-5-10(19(22)25)17(9)23-18(11)20(26)27/h1-7,11,14-16,18,23H,8H2,(H2,22,25)(H,26,27)/t11-,14-,15+,16-,18+/m1/s1. The van der Waals surface area contributed by atoms with Crippen LogP contribution in [0.3, 0.4) is 0 Å². The number of aliphatic carboxylic acids is 1. The van der Waals surface area contributed by atoms with Gasteiger partial charge in [-0.2, -0.15) is 0 Å². The van der Waals surface area contributed by atoms with Crippen molar-refractivity contribution in [3.05, 3.63) is 63.7 Å². The second-order valence-corrected chi connectivity index (χ2v) is 9.13. The summed E-state index contributed by atoms with van der Waals surface area (Å²) in [5.74, 6) is -2.36. The number of carboxylic acids is 1. The summed E-state index contributed by atoms with van der Waals surface area (Å²) >= 11 is 8.13. The van der Waals surface area contributed by atoms with Crippen LogP contribution in [0.4, 0.5) is 11.4 Å². The largest absolute Gasteiger partial charge is 0.480 e. The molecule has 1 saturated carbocycles. The van der Waals surface area contributed by atoms with E-state index in [1.54, 1.807) is 30.3 Å². The molecule has 0 unspecified atom stereocenters. The van der Waals surface area contributed by atoms with Crippen LogP contribution in [-0.4, -0.2) is 38.6 Å². The van der Waals surface area contributed by atoms with E-state index in [0.717, 1.165) is 5.56 Å². The van der Waals surface area contributed by atoms with Gasteiger partial charge in [0.2, 0.25) is 0 Å². The first kappa shape index (κ1) is 20.5. The van der Waals surface area contributed by atoms with Crippen LogP contribution in [0.5, 0.6) is 0 Å². The molecular weight excluding hydrogens is 430 g/mol. The van der Waals surface area contributed by atoms with Crippen LogP contribution < -0.4 is 11.1 Å². The fourth-order valence-corrected chi connectivity index (χ4v) is 6.41. The van der Waals surface area contributed by atoms with Gasteiger partial charge in [-0.25, -0.2) is 4.79 Å². The lowest BCUT2D eigenvalue weighted by molar-refractivity contribution is -0.387. The van der Waals surface area contributed by atoms with Gasteiger partial charge in [-0.1, -0.05) is 24.3 Å². The van der Waals surface area contributed by atoms with Gasteiger partial charge in [0, 0.05) is 17.2 Å². The second-order valence-electron chi connectivity index (χ2n) is 7.35. The van der Waals surface area contributed by atoms with Gasteiger partial charge in [0.1, 0.15) is 6.04 Å². The Kier molecular flexibility index (Phi) is 5.33. The number of alkyl halides is 1. The third kappa shape index (κ3) is 3.37. The molecule has 2 aromatic rings. The highest BCUT2D eigenvalue weighted by Crippen LogP contribution is 2.55. The molecule has 0 saturated heterocycles. The number of benzene rings is 2. The Morgan fingerprint density at radius 3 is 2.63 bits per heavy atom. The predicted molar refractivity (Wildman–Crippen MR) is 113 cm³/mol. The fraction of sp³-hybridized carbons (Fsp3) is 0.300. The van der Waals surface area contributed by atoms with Crippen molar-refractivity contribution in [1.29, 1.82) is 0 Å². The van der Waals surface area contributed by atoms with Crippen molar-refractivity contribution in [2.75, 3.05) is 5.32 Å². The number of nitrogens with two attached hydrogens (primary N) is 1. The Labute approximate surface area is 180 Å². The fourth-order valence-electron chi connectivity index (χ4n) is 4.46. The Balaban J connectivity index is 1.73. The van der Waals surface area contributed by atoms with Gasteiger partial charge in [0.25, 0.3) is 11.6 Å². The highest BCUT2D eigenvalue weighted by Gasteiger charge is 2.52. The lowest BCUT2D eigenvalue weighted by Gasteiger charge is -2.36. The molecule has 30 heavy (non-hydrogen) atoms. The highest BCUT2D eigenvalue weighted by molar-refractivity contribution is 8.00. The van der Waals surface area contributed by atoms with Gasteiger partial charge in [-0.3, -0.25) is 14.9 Å². The molecule has 156 valence electrons. The topological polar surface area (TPSA) is 136 Å². The van der Waals surface area contributed by atoms with E-state index in [0.29, 0.717) is 17.0 Å². The summed E-state index contributed by atoms with van der Waals surface area (Å²) in [6.45, 7) is 0. The Hall–Kier alpha value is -2.78. The molecule has 4 rings (SSSR count). The van der Waals surface area contributed by atoms with Crippen LogP contribution in [-0.2, 0) is 4.79 Å². The number of carbonyl (C=O) groups is 2. The van der Waals surface area contributed by atoms with E-state index in [9.17, 15) is 24.8 Å². The zero-order chi connectivity index (χ0) is 21.6. The summed E-state index contributed by atoms with van der Waals surface area (Å²) in [4.78, 5) is 35.3. The van der Waals surface area contributed by atoms with Crippen LogP contribution >= 0.6 is 23.4 Å².